The van der Waals surface area contributed by atoms with Crippen LogP contribution in [-0.2, 0) is 4.74 Å². The number of nitrogens with zero attached hydrogens (tertiary/aromatic N) is 2. The van der Waals surface area contributed by atoms with Gasteiger partial charge in [0.25, 0.3) is 0 Å². The van der Waals surface area contributed by atoms with E-state index in [1.54, 1.807) is 22.7 Å². The van der Waals surface area contributed by atoms with Crippen molar-refractivity contribution in [2.75, 3.05) is 13.1 Å². The van der Waals surface area contributed by atoms with Crippen LogP contribution in [0.4, 0.5) is 0 Å². The molecule has 27 heavy (non-hydrogen) atoms. The molecule has 0 bridgehead atoms. The van der Waals surface area contributed by atoms with Gasteiger partial charge in [0.05, 0.1) is 5.92 Å². The lowest BCUT2D eigenvalue weighted by Crippen LogP contribution is -2.41. The van der Waals surface area contributed by atoms with Gasteiger partial charge < -0.3 is 10.5 Å². The Labute approximate surface area is 167 Å². The van der Waals surface area contributed by atoms with E-state index in [1.807, 2.05) is 17.5 Å². The van der Waals surface area contributed by atoms with Crippen molar-refractivity contribution in [2.24, 2.45) is 5.73 Å². The molecule has 2 N–H and O–H groups in total. The highest BCUT2D eigenvalue weighted by Gasteiger charge is 2.38. The van der Waals surface area contributed by atoms with Crippen LogP contribution in [0.15, 0.2) is 63.4 Å². The highest BCUT2D eigenvalue weighted by molar-refractivity contribution is 7.10. The van der Waals surface area contributed by atoms with Gasteiger partial charge in [0.1, 0.15) is 17.4 Å². The van der Waals surface area contributed by atoms with Crippen molar-refractivity contribution in [3.8, 4) is 6.07 Å². The molecule has 0 spiro atoms. The minimum absolute atomic E-state index is 0.132. The van der Waals surface area contributed by atoms with Gasteiger partial charge in [-0.05, 0) is 42.8 Å². The van der Waals surface area contributed by atoms with Crippen molar-refractivity contribution in [1.82, 2.24) is 4.90 Å². The van der Waals surface area contributed by atoms with Gasteiger partial charge in [-0.2, -0.15) is 5.26 Å². The number of nitriles is 1. The van der Waals surface area contributed by atoms with E-state index >= 15 is 0 Å². The summed E-state index contributed by atoms with van der Waals surface area (Å²) < 4.78 is 6.04. The fraction of sp³-hybridized carbons (Fsp3) is 0.286. The highest BCUT2D eigenvalue weighted by Crippen LogP contribution is 2.45. The number of ether oxygens (including phenoxy) is 1. The van der Waals surface area contributed by atoms with E-state index in [0.29, 0.717) is 11.6 Å². The normalized spacial score (nSPS) is 22.1. The highest BCUT2D eigenvalue weighted by atomic mass is 32.1. The third-order valence-corrected chi connectivity index (χ3v) is 6.74. The van der Waals surface area contributed by atoms with Crippen LogP contribution in [0.1, 0.15) is 29.5 Å². The summed E-state index contributed by atoms with van der Waals surface area (Å²) in [5.41, 5.74) is 8.95. The molecular weight excluding hydrogens is 374 g/mol. The van der Waals surface area contributed by atoms with Crippen molar-refractivity contribution in [3.63, 3.8) is 0 Å². The zero-order chi connectivity index (χ0) is 19.0. The number of rotatable bonds is 3. The van der Waals surface area contributed by atoms with Crippen molar-refractivity contribution >= 4 is 28.7 Å². The van der Waals surface area contributed by atoms with E-state index in [2.05, 4.69) is 48.4 Å². The van der Waals surface area contributed by atoms with Crippen LogP contribution in [0.25, 0.3) is 6.08 Å². The van der Waals surface area contributed by atoms with E-state index in [-0.39, 0.29) is 11.8 Å². The standard InChI is InChI=1S/C21H21N3OS2/c1-13(2)24-11-14(9-15-5-3-7-26-15)20-17(12-24)19(18-6-4-8-27-18)16(10-22)21(23)25-20/h3-9,13,19H,11-12,23H2,1-2H3. The first-order chi connectivity index (χ1) is 13.1. The summed E-state index contributed by atoms with van der Waals surface area (Å²) in [7, 11) is 0. The van der Waals surface area contributed by atoms with Gasteiger partial charge in [0.2, 0.25) is 5.88 Å². The first-order valence-electron chi connectivity index (χ1n) is 8.91. The van der Waals surface area contributed by atoms with E-state index in [0.717, 1.165) is 34.9 Å². The van der Waals surface area contributed by atoms with Crippen LogP contribution in [-0.4, -0.2) is 24.0 Å². The van der Waals surface area contributed by atoms with Crippen molar-refractivity contribution in [2.45, 2.75) is 25.8 Å². The molecule has 0 aromatic carbocycles. The zero-order valence-corrected chi connectivity index (χ0v) is 16.9. The summed E-state index contributed by atoms with van der Waals surface area (Å²) in [5.74, 6) is 0.937. The predicted octanol–water partition coefficient (Wildman–Crippen LogP) is 4.68. The molecule has 4 heterocycles. The Kier molecular flexibility index (Phi) is 4.92. The Balaban J connectivity index is 1.87. The fourth-order valence-electron chi connectivity index (χ4n) is 3.59. The smallest absolute Gasteiger partial charge is 0.205 e. The lowest BCUT2D eigenvalue weighted by Gasteiger charge is -2.39. The number of hydrogen-bond donors (Lipinski definition) is 1. The maximum atomic E-state index is 9.76. The molecule has 4 rings (SSSR count). The first-order valence-corrected chi connectivity index (χ1v) is 10.7. The molecule has 2 aromatic rings. The lowest BCUT2D eigenvalue weighted by atomic mass is 9.83. The Morgan fingerprint density at radius 3 is 2.67 bits per heavy atom. The summed E-state index contributed by atoms with van der Waals surface area (Å²) in [4.78, 5) is 4.73. The maximum Gasteiger partial charge on any atom is 0.205 e. The molecule has 0 amide bonds. The Morgan fingerprint density at radius 2 is 2.04 bits per heavy atom. The summed E-state index contributed by atoms with van der Waals surface area (Å²) in [5, 5.41) is 13.9. The lowest BCUT2D eigenvalue weighted by molar-refractivity contribution is 0.208. The quantitative estimate of drug-likeness (QED) is 0.820. The molecule has 2 aromatic heterocycles. The van der Waals surface area contributed by atoms with E-state index in [4.69, 9.17) is 10.5 Å². The third-order valence-electron chi connectivity index (χ3n) is 4.98. The van der Waals surface area contributed by atoms with Crippen molar-refractivity contribution in [1.29, 1.82) is 5.26 Å². The third kappa shape index (κ3) is 3.34. The molecule has 138 valence electrons. The molecule has 4 nitrogen and oxygen atoms in total. The maximum absolute atomic E-state index is 9.76. The van der Waals surface area contributed by atoms with Crippen LogP contribution < -0.4 is 5.73 Å². The van der Waals surface area contributed by atoms with Gasteiger partial charge in [-0.15, -0.1) is 22.7 Å². The molecular formula is C21H21N3OS2. The van der Waals surface area contributed by atoms with E-state index in [1.165, 1.54) is 4.88 Å². The van der Waals surface area contributed by atoms with E-state index in [9.17, 15) is 5.26 Å². The molecule has 0 radical (unpaired) electrons. The number of thiophene rings is 2. The van der Waals surface area contributed by atoms with Gasteiger partial charge >= 0.3 is 0 Å². The van der Waals surface area contributed by atoms with Gasteiger partial charge in [0, 0.05) is 40.0 Å². The van der Waals surface area contributed by atoms with Crippen molar-refractivity contribution < 1.29 is 4.74 Å². The Morgan fingerprint density at radius 1 is 1.26 bits per heavy atom. The zero-order valence-electron chi connectivity index (χ0n) is 15.3. The van der Waals surface area contributed by atoms with Gasteiger partial charge in [-0.1, -0.05) is 12.1 Å². The van der Waals surface area contributed by atoms with Crippen LogP contribution >= 0.6 is 22.7 Å². The average molecular weight is 396 g/mol. The second kappa shape index (κ2) is 7.35. The second-order valence-corrected chi connectivity index (χ2v) is 8.94. The topological polar surface area (TPSA) is 62.3 Å². The number of allylic oxidation sites excluding steroid dienone is 1. The van der Waals surface area contributed by atoms with Gasteiger partial charge in [-0.3, -0.25) is 4.90 Å². The Hall–Kier alpha value is -2.33. The van der Waals surface area contributed by atoms with Crippen LogP contribution in [0, 0.1) is 11.3 Å². The Bertz CT molecular complexity index is 960. The molecule has 0 saturated heterocycles. The summed E-state index contributed by atoms with van der Waals surface area (Å²) in [6.07, 6.45) is 2.19. The largest absolute Gasteiger partial charge is 0.440 e. The molecule has 2 aliphatic rings. The summed E-state index contributed by atoms with van der Waals surface area (Å²) in [6.45, 7) is 5.98. The van der Waals surface area contributed by atoms with Crippen LogP contribution in [0.3, 0.4) is 0 Å². The molecule has 0 aliphatic carbocycles. The first kappa shape index (κ1) is 18.1. The average Bonchev–Trinajstić information content (AvgIpc) is 3.34. The van der Waals surface area contributed by atoms with Crippen molar-refractivity contribution in [3.05, 3.63) is 73.1 Å². The monoisotopic (exact) mass is 395 g/mol. The molecule has 1 atom stereocenters. The number of nitrogens with two attached hydrogens (primary N) is 1. The fourth-order valence-corrected chi connectivity index (χ4v) is 5.14. The van der Waals surface area contributed by atoms with E-state index < -0.39 is 0 Å². The summed E-state index contributed by atoms with van der Waals surface area (Å²) >= 11 is 3.36. The SMILES string of the molecule is CC(C)N1CC(=Cc2cccs2)C2=C(C1)C(c1cccs1)C(C#N)=C(N)O2. The molecule has 0 fully saturated rings. The molecule has 0 saturated carbocycles. The van der Waals surface area contributed by atoms with Gasteiger partial charge in [-0.25, -0.2) is 0 Å². The minimum atomic E-state index is -0.132. The molecule has 1 unspecified atom stereocenters. The minimum Gasteiger partial charge on any atom is -0.440 e. The molecule has 2 aliphatic heterocycles. The predicted molar refractivity (Wildman–Crippen MR) is 111 cm³/mol. The van der Waals surface area contributed by atoms with Crippen LogP contribution in [0.2, 0.25) is 0 Å². The van der Waals surface area contributed by atoms with Gasteiger partial charge in [0.15, 0.2) is 0 Å². The van der Waals surface area contributed by atoms with Crippen LogP contribution in [0.5, 0.6) is 0 Å². The number of hydrogen-bond acceptors (Lipinski definition) is 6. The molecule has 6 heteroatoms. The summed E-state index contributed by atoms with van der Waals surface area (Å²) in [6, 6.07) is 10.9. The second-order valence-electron chi connectivity index (χ2n) is 6.98.